The molecule has 0 saturated heterocycles. The Labute approximate surface area is 322 Å². The standard InChI is InChI=1S/C20H23ClN4O2.C20H25ClN4O/c1-20(2,3)10-13(26)11-25(4)19-17-14(5-6-16(17)27)23-18(24-19)15-9-12(21)7-8-22-15;1-20(2,3)11-14(26)12-25(4)19-15-6-5-7-16(15)23-18(24-19)17-10-13(21)8-9-22-17/h7-9H,5-6,10-11H2,1-4H3;8-10H,5-7,11-12H2,1-4H3. The summed E-state index contributed by atoms with van der Waals surface area (Å²) in [6.45, 7) is 12.9. The third-order valence-electron chi connectivity index (χ3n) is 8.65. The van der Waals surface area contributed by atoms with Crippen LogP contribution in [0, 0.1) is 10.8 Å². The molecule has 4 heterocycles. The van der Waals surface area contributed by atoms with Crippen molar-refractivity contribution >= 4 is 52.2 Å². The van der Waals surface area contributed by atoms with Crippen molar-refractivity contribution in [1.82, 2.24) is 29.9 Å². The molecule has 0 spiro atoms. The first-order chi connectivity index (χ1) is 24.9. The van der Waals surface area contributed by atoms with Crippen LogP contribution in [0.3, 0.4) is 0 Å². The van der Waals surface area contributed by atoms with Gasteiger partial charge >= 0.3 is 0 Å². The number of fused-ring (bicyclic) bond motifs is 2. The van der Waals surface area contributed by atoms with E-state index < -0.39 is 0 Å². The highest BCUT2D eigenvalue weighted by Crippen LogP contribution is 2.33. The maximum absolute atomic E-state index is 12.4. The molecule has 0 radical (unpaired) electrons. The van der Waals surface area contributed by atoms with Crippen LogP contribution in [0.15, 0.2) is 36.7 Å². The molecule has 11 nitrogen and oxygen atoms in total. The first-order valence-corrected chi connectivity index (χ1v) is 18.7. The predicted molar refractivity (Wildman–Crippen MR) is 210 cm³/mol. The highest BCUT2D eigenvalue weighted by Gasteiger charge is 2.30. The summed E-state index contributed by atoms with van der Waals surface area (Å²) in [6, 6.07) is 6.87. The van der Waals surface area contributed by atoms with E-state index in [9.17, 15) is 14.4 Å². The fourth-order valence-electron chi connectivity index (χ4n) is 6.58. The number of carbonyl (C=O) groups excluding carboxylic acids is 3. The highest BCUT2D eigenvalue weighted by atomic mass is 35.5. The van der Waals surface area contributed by atoms with Gasteiger partial charge in [-0.1, -0.05) is 64.7 Å². The molecule has 0 unspecified atom stereocenters. The maximum Gasteiger partial charge on any atom is 0.180 e. The van der Waals surface area contributed by atoms with Crippen molar-refractivity contribution in [3.8, 4) is 23.0 Å². The van der Waals surface area contributed by atoms with Crippen LogP contribution in [0.1, 0.15) is 94.5 Å². The van der Waals surface area contributed by atoms with Gasteiger partial charge < -0.3 is 9.80 Å². The lowest BCUT2D eigenvalue weighted by atomic mass is 9.90. The molecule has 53 heavy (non-hydrogen) atoms. The van der Waals surface area contributed by atoms with Gasteiger partial charge in [-0.2, -0.15) is 0 Å². The number of Topliss-reactive ketones (excluding diaryl/α,β-unsaturated/α-hetero) is 3. The van der Waals surface area contributed by atoms with Gasteiger partial charge in [-0.25, -0.2) is 19.9 Å². The van der Waals surface area contributed by atoms with Gasteiger partial charge in [0, 0.05) is 67.1 Å². The minimum absolute atomic E-state index is 0.0125. The SMILES string of the molecule is CN(CC(=O)CC(C)(C)C)c1nc(-c2cc(Cl)ccn2)nc2c1C(=O)CC2.CN(CC(=O)CC(C)(C)C)c1nc(-c2cc(Cl)ccn2)nc2c1CCC2. The smallest absolute Gasteiger partial charge is 0.180 e. The molecule has 13 heteroatoms. The van der Waals surface area contributed by atoms with Crippen molar-refractivity contribution < 1.29 is 14.4 Å². The number of halogens is 2. The molecule has 0 aromatic carbocycles. The number of aromatic nitrogens is 6. The van der Waals surface area contributed by atoms with Gasteiger partial charge in [-0.05, 0) is 60.8 Å². The van der Waals surface area contributed by atoms with E-state index in [4.69, 9.17) is 33.2 Å². The van der Waals surface area contributed by atoms with Crippen LogP contribution in [-0.4, -0.2) is 74.4 Å². The quantitative estimate of drug-likeness (QED) is 0.156. The van der Waals surface area contributed by atoms with Crippen molar-refractivity contribution in [3.05, 3.63) is 69.2 Å². The molecule has 0 N–H and O–H groups in total. The van der Waals surface area contributed by atoms with Gasteiger partial charge in [0.2, 0.25) is 0 Å². The lowest BCUT2D eigenvalue weighted by Crippen LogP contribution is -2.30. The van der Waals surface area contributed by atoms with E-state index in [-0.39, 0.29) is 34.7 Å². The van der Waals surface area contributed by atoms with Crippen molar-refractivity contribution in [2.45, 2.75) is 86.5 Å². The fourth-order valence-corrected chi connectivity index (χ4v) is 6.90. The summed E-state index contributed by atoms with van der Waals surface area (Å²) >= 11 is 12.2. The molecule has 0 atom stereocenters. The molecule has 4 aromatic heterocycles. The van der Waals surface area contributed by atoms with Crippen molar-refractivity contribution in [2.75, 3.05) is 37.0 Å². The number of anilines is 2. The maximum atomic E-state index is 12.4. The van der Waals surface area contributed by atoms with Crippen LogP contribution in [-0.2, 0) is 28.9 Å². The Morgan fingerprint density at radius 1 is 0.679 bits per heavy atom. The van der Waals surface area contributed by atoms with Crippen molar-refractivity contribution in [1.29, 1.82) is 0 Å². The summed E-state index contributed by atoms with van der Waals surface area (Å²) < 4.78 is 0. The second-order valence-electron chi connectivity index (χ2n) is 16.2. The number of hydrogen-bond donors (Lipinski definition) is 0. The minimum Gasteiger partial charge on any atom is -0.352 e. The third kappa shape index (κ3) is 10.6. The van der Waals surface area contributed by atoms with Crippen LogP contribution >= 0.6 is 23.2 Å². The molecule has 0 bridgehead atoms. The van der Waals surface area contributed by atoms with Crippen molar-refractivity contribution in [2.24, 2.45) is 10.8 Å². The molecule has 6 rings (SSSR count). The predicted octanol–water partition coefficient (Wildman–Crippen LogP) is 7.88. The second-order valence-corrected chi connectivity index (χ2v) is 17.1. The van der Waals surface area contributed by atoms with Gasteiger partial charge in [0.1, 0.15) is 23.0 Å². The van der Waals surface area contributed by atoms with E-state index in [1.54, 1.807) is 48.6 Å². The number of hydrogen-bond acceptors (Lipinski definition) is 11. The number of nitrogens with zero attached hydrogens (tertiary/aromatic N) is 8. The zero-order valence-corrected chi connectivity index (χ0v) is 33.4. The Kier molecular flexibility index (Phi) is 12.3. The van der Waals surface area contributed by atoms with Gasteiger partial charge in [0.05, 0.1) is 24.3 Å². The van der Waals surface area contributed by atoms with Crippen molar-refractivity contribution in [3.63, 3.8) is 0 Å². The van der Waals surface area contributed by atoms with Gasteiger partial charge in [0.15, 0.2) is 29.0 Å². The van der Waals surface area contributed by atoms with E-state index in [0.717, 1.165) is 36.3 Å². The fraction of sp³-hybridized carbons (Fsp3) is 0.475. The molecule has 4 aromatic rings. The molecule has 2 aliphatic carbocycles. The average Bonchev–Trinajstić information content (AvgIpc) is 3.69. The number of carbonyl (C=O) groups is 3. The summed E-state index contributed by atoms with van der Waals surface area (Å²) in [7, 11) is 3.71. The molecule has 2 aliphatic rings. The summed E-state index contributed by atoms with van der Waals surface area (Å²) in [5, 5.41) is 1.14. The average molecular weight is 760 g/mol. The van der Waals surface area contributed by atoms with Crippen LogP contribution in [0.4, 0.5) is 11.6 Å². The largest absolute Gasteiger partial charge is 0.352 e. The molecular weight excluding hydrogens is 711 g/mol. The lowest BCUT2D eigenvalue weighted by Gasteiger charge is -2.23. The number of likely N-dealkylation sites (N-methyl/N-ethyl adjacent to an activating group) is 2. The Balaban J connectivity index is 0.000000204. The molecular formula is C40H48Cl2N8O3. The summed E-state index contributed by atoms with van der Waals surface area (Å²) in [4.78, 5) is 68.1. The molecule has 0 aliphatic heterocycles. The normalized spacial score (nSPS) is 13.6. The lowest BCUT2D eigenvalue weighted by molar-refractivity contribution is -0.120. The zero-order chi connectivity index (χ0) is 38.7. The first kappa shape index (κ1) is 39.8. The van der Waals surface area contributed by atoms with Gasteiger partial charge in [0.25, 0.3) is 0 Å². The number of pyridine rings is 2. The topological polar surface area (TPSA) is 135 Å². The van der Waals surface area contributed by atoms with E-state index in [2.05, 4.69) is 40.7 Å². The number of ketones is 3. The Bertz CT molecular complexity index is 2020. The number of aryl methyl sites for hydroxylation is 2. The molecule has 0 amide bonds. The Hall–Kier alpha value is -4.35. The van der Waals surface area contributed by atoms with Gasteiger partial charge in [-0.15, -0.1) is 0 Å². The molecule has 0 fully saturated rings. The van der Waals surface area contributed by atoms with Gasteiger partial charge in [-0.3, -0.25) is 24.4 Å². The summed E-state index contributed by atoms with van der Waals surface area (Å²) in [5.74, 6) is 2.64. The summed E-state index contributed by atoms with van der Waals surface area (Å²) in [5.41, 5.74) is 4.54. The van der Waals surface area contributed by atoms with Crippen LogP contribution in [0.25, 0.3) is 23.0 Å². The van der Waals surface area contributed by atoms with Crippen LogP contribution < -0.4 is 9.80 Å². The monoisotopic (exact) mass is 758 g/mol. The second kappa shape index (κ2) is 16.3. The summed E-state index contributed by atoms with van der Waals surface area (Å²) in [6.07, 6.45) is 8.18. The first-order valence-electron chi connectivity index (χ1n) is 17.9. The molecule has 0 saturated carbocycles. The molecule has 280 valence electrons. The van der Waals surface area contributed by atoms with E-state index in [1.165, 1.54) is 0 Å². The van der Waals surface area contributed by atoms with E-state index >= 15 is 0 Å². The van der Waals surface area contributed by atoms with E-state index in [0.29, 0.717) is 82.4 Å². The minimum atomic E-state index is -0.0861. The highest BCUT2D eigenvalue weighted by molar-refractivity contribution is 6.31. The van der Waals surface area contributed by atoms with E-state index in [1.807, 2.05) is 32.7 Å². The third-order valence-corrected chi connectivity index (χ3v) is 9.12. The Morgan fingerprint density at radius 3 is 1.68 bits per heavy atom. The zero-order valence-electron chi connectivity index (χ0n) is 31.9. The Morgan fingerprint density at radius 2 is 1.17 bits per heavy atom. The number of rotatable bonds is 10. The van der Waals surface area contributed by atoms with Crippen LogP contribution in [0.2, 0.25) is 10.0 Å². The van der Waals surface area contributed by atoms with Crippen LogP contribution in [0.5, 0.6) is 0 Å².